The van der Waals surface area contributed by atoms with E-state index >= 15 is 4.39 Å². The van der Waals surface area contributed by atoms with E-state index in [1.165, 1.54) is 12.1 Å². The van der Waals surface area contributed by atoms with E-state index in [1.54, 1.807) is 51.1 Å². The summed E-state index contributed by atoms with van der Waals surface area (Å²) in [4.78, 5) is 11.7. The minimum atomic E-state index is -4.93. The zero-order valence-corrected chi connectivity index (χ0v) is 23.9. The molecule has 5 nitrogen and oxygen atoms in total. The first-order chi connectivity index (χ1) is 19.6. The Balaban J connectivity index is 2.37. The Kier molecular flexibility index (Phi) is 10.3. The fraction of sp³-hybridized carbons (Fsp3) is 0.300. The Hall–Kier alpha value is -3.64. The van der Waals surface area contributed by atoms with Gasteiger partial charge in [-0.3, -0.25) is 0 Å². The lowest BCUT2D eigenvalue weighted by Gasteiger charge is -2.38. The van der Waals surface area contributed by atoms with Crippen molar-refractivity contribution in [2.45, 2.75) is 50.0 Å². The lowest BCUT2D eigenvalue weighted by Crippen LogP contribution is -2.50. The van der Waals surface area contributed by atoms with Crippen molar-refractivity contribution >= 4 is 23.0 Å². The molecule has 0 spiro atoms. The Morgan fingerprint density at radius 3 is 2.24 bits per heavy atom. The fourth-order valence-electron chi connectivity index (χ4n) is 3.97. The van der Waals surface area contributed by atoms with Crippen molar-refractivity contribution in [3.8, 4) is 5.75 Å². The van der Waals surface area contributed by atoms with Crippen molar-refractivity contribution < 1.29 is 44.8 Å². The van der Waals surface area contributed by atoms with Gasteiger partial charge in [0.1, 0.15) is 17.4 Å². The normalized spacial score (nSPS) is 14.5. The molecule has 0 radical (unpaired) electrons. The van der Waals surface area contributed by atoms with E-state index in [-0.39, 0.29) is 23.1 Å². The second-order valence-corrected chi connectivity index (χ2v) is 12.3. The van der Waals surface area contributed by atoms with Gasteiger partial charge in [0.15, 0.2) is 0 Å². The summed E-state index contributed by atoms with van der Waals surface area (Å²) in [6.07, 6.45) is -7.11. The highest BCUT2D eigenvalue weighted by atomic mass is 32.2. The van der Waals surface area contributed by atoms with Gasteiger partial charge in [-0.05, 0) is 74.2 Å². The molecule has 1 N–H and O–H groups in total. The molecule has 0 aliphatic carbocycles. The number of hydrogen-bond acceptors (Lipinski definition) is 4. The van der Waals surface area contributed by atoms with E-state index in [0.717, 1.165) is 37.5 Å². The zero-order chi connectivity index (χ0) is 31.3. The van der Waals surface area contributed by atoms with Crippen molar-refractivity contribution in [1.29, 1.82) is 0 Å². The molecule has 0 saturated heterocycles. The van der Waals surface area contributed by atoms with E-state index in [4.69, 9.17) is 0 Å². The molecule has 0 amide bonds. The van der Waals surface area contributed by atoms with Gasteiger partial charge in [-0.1, -0.05) is 36.4 Å². The molecule has 2 atom stereocenters. The van der Waals surface area contributed by atoms with Crippen molar-refractivity contribution in [2.75, 3.05) is 7.11 Å². The number of ether oxygens (including phenoxy) is 2. The molecule has 3 aromatic carbocycles. The van der Waals surface area contributed by atoms with Crippen LogP contribution in [0.3, 0.4) is 0 Å². The molecule has 0 fully saturated rings. The molecule has 0 saturated carbocycles. The summed E-state index contributed by atoms with van der Waals surface area (Å²) < 4.78 is 108. The molecule has 12 heteroatoms. The van der Waals surface area contributed by atoms with Crippen LogP contribution in [0.15, 0.2) is 72.8 Å². The number of esters is 1. The van der Waals surface area contributed by atoms with Crippen LogP contribution in [0.5, 0.6) is 5.75 Å². The summed E-state index contributed by atoms with van der Waals surface area (Å²) in [5.41, 5.74) is -1.17. The summed E-state index contributed by atoms with van der Waals surface area (Å²) in [6.45, 7) is 4.96. The Bertz CT molecular complexity index is 1460. The van der Waals surface area contributed by atoms with E-state index in [2.05, 4.69) is 14.2 Å². The van der Waals surface area contributed by atoms with Gasteiger partial charge in [-0.25, -0.2) is 22.5 Å². The Labute approximate surface area is 242 Å². The monoisotopic (exact) mass is 613 g/mol. The van der Waals surface area contributed by atoms with Gasteiger partial charge in [-0.2, -0.15) is 17.6 Å². The lowest BCUT2D eigenvalue weighted by atomic mass is 9.78. The molecular formula is C30H29F6NO4S. The molecule has 0 aromatic heterocycles. The van der Waals surface area contributed by atoms with Gasteiger partial charge in [0.2, 0.25) is 0 Å². The van der Waals surface area contributed by atoms with Crippen LogP contribution in [0.2, 0.25) is 0 Å². The maximum Gasteiger partial charge on any atom is 0.461 e. The Morgan fingerprint density at radius 2 is 1.64 bits per heavy atom. The number of carbonyl (C=O) groups excluding carboxylic acids is 1. The molecule has 3 rings (SSSR count). The largest absolute Gasteiger partial charge is 0.466 e. The number of rotatable bonds is 11. The second-order valence-electron chi connectivity index (χ2n) is 10.3. The molecule has 0 unspecified atom stereocenters. The van der Waals surface area contributed by atoms with Gasteiger partial charge in [0, 0.05) is 17.7 Å². The highest BCUT2D eigenvalue weighted by Gasteiger charge is 2.45. The van der Waals surface area contributed by atoms with Crippen LogP contribution in [0.1, 0.15) is 43.0 Å². The van der Waals surface area contributed by atoms with E-state index < -0.39 is 57.2 Å². The van der Waals surface area contributed by atoms with Gasteiger partial charge in [-0.15, -0.1) is 0 Å². The number of alkyl halides is 4. The topological polar surface area (TPSA) is 64.6 Å². The minimum absolute atomic E-state index is 0.0877. The number of carbonyl (C=O) groups is 1. The van der Waals surface area contributed by atoms with Crippen molar-refractivity contribution in [2.24, 2.45) is 0 Å². The number of nitrogens with one attached hydrogen (secondary N) is 1. The highest BCUT2D eigenvalue weighted by Crippen LogP contribution is 2.39. The third kappa shape index (κ3) is 8.01. The predicted octanol–water partition coefficient (Wildman–Crippen LogP) is 6.93. The predicted molar refractivity (Wildman–Crippen MR) is 147 cm³/mol. The quantitative estimate of drug-likeness (QED) is 0.145. The van der Waals surface area contributed by atoms with E-state index in [1.807, 2.05) is 0 Å². The van der Waals surface area contributed by atoms with Crippen molar-refractivity contribution in [3.05, 3.63) is 107 Å². The standard InChI is InChI=1S/C30H29F6NO4S/c1-28(2,3)42(39)37-29(18-19-8-6-5-7-9-19,21-11-12-25(32)20(14-21)10-13-26(38)40-4)22-15-23(31)17-24(16-22)41-30(35,36)27(33)34/h5-17,27,37H,18H2,1-4H3/t29-,42-/m1/s1. The van der Waals surface area contributed by atoms with Crippen molar-refractivity contribution in [1.82, 2.24) is 4.72 Å². The van der Waals surface area contributed by atoms with Gasteiger partial charge < -0.3 is 9.47 Å². The summed E-state index contributed by atoms with van der Waals surface area (Å²) >= 11 is 0. The Morgan fingerprint density at radius 1 is 0.976 bits per heavy atom. The zero-order valence-electron chi connectivity index (χ0n) is 23.1. The molecule has 0 bridgehead atoms. The molecule has 0 aliphatic heterocycles. The SMILES string of the molecule is COC(=O)C=Cc1cc([C@@](Cc2ccccc2)(N[S@](=O)C(C)(C)C)c2cc(F)cc(OC(F)(F)C(F)F)c2)ccc1F. The number of methoxy groups -OCH3 is 1. The van der Waals surface area contributed by atoms with Crippen LogP contribution in [-0.2, 0) is 32.5 Å². The lowest BCUT2D eigenvalue weighted by molar-refractivity contribution is -0.253. The van der Waals surface area contributed by atoms with Gasteiger partial charge in [0.05, 0.1) is 28.4 Å². The maximum absolute atomic E-state index is 15.0. The van der Waals surface area contributed by atoms with E-state index in [9.17, 15) is 31.0 Å². The van der Waals surface area contributed by atoms with Crippen LogP contribution in [-0.4, -0.2) is 34.6 Å². The van der Waals surface area contributed by atoms with Crippen LogP contribution in [0, 0.1) is 11.6 Å². The van der Waals surface area contributed by atoms with Crippen LogP contribution in [0.25, 0.3) is 6.08 Å². The maximum atomic E-state index is 15.0. The summed E-state index contributed by atoms with van der Waals surface area (Å²) in [5.74, 6) is -3.54. The third-order valence-electron chi connectivity index (χ3n) is 6.10. The van der Waals surface area contributed by atoms with Gasteiger partial charge in [0.25, 0.3) is 0 Å². The molecule has 3 aromatic rings. The number of halogens is 6. The van der Waals surface area contributed by atoms with Crippen molar-refractivity contribution in [3.63, 3.8) is 0 Å². The van der Waals surface area contributed by atoms with Crippen LogP contribution in [0.4, 0.5) is 26.3 Å². The van der Waals surface area contributed by atoms with Gasteiger partial charge >= 0.3 is 18.5 Å². The molecule has 0 aliphatic rings. The number of benzene rings is 3. The van der Waals surface area contributed by atoms with E-state index in [0.29, 0.717) is 11.6 Å². The highest BCUT2D eigenvalue weighted by molar-refractivity contribution is 7.84. The summed E-state index contributed by atoms with van der Waals surface area (Å²) in [7, 11) is -0.777. The summed E-state index contributed by atoms with van der Waals surface area (Å²) in [6, 6.07) is 14.7. The fourth-order valence-corrected chi connectivity index (χ4v) is 4.90. The molecule has 226 valence electrons. The first-order valence-electron chi connectivity index (χ1n) is 12.5. The minimum Gasteiger partial charge on any atom is -0.466 e. The molecular weight excluding hydrogens is 584 g/mol. The second kappa shape index (κ2) is 13.1. The number of hydrogen-bond donors (Lipinski definition) is 1. The third-order valence-corrected chi connectivity index (χ3v) is 7.74. The van der Waals surface area contributed by atoms with Crippen LogP contribution >= 0.6 is 0 Å². The molecule has 42 heavy (non-hydrogen) atoms. The smallest absolute Gasteiger partial charge is 0.461 e. The summed E-state index contributed by atoms with van der Waals surface area (Å²) in [5, 5.41) is 0. The molecule has 0 heterocycles. The average Bonchev–Trinajstić information content (AvgIpc) is 2.91. The first kappa shape index (κ1) is 32.9. The average molecular weight is 614 g/mol. The van der Waals surface area contributed by atoms with Crippen LogP contribution < -0.4 is 9.46 Å². The first-order valence-corrected chi connectivity index (χ1v) is 13.7.